The Morgan fingerprint density at radius 3 is 2.73 bits per heavy atom. The summed E-state index contributed by atoms with van der Waals surface area (Å²) in [6.07, 6.45) is 6.95. The quantitative estimate of drug-likeness (QED) is 0.121. The maximum absolute atomic E-state index is 5.93. The second-order valence-electron chi connectivity index (χ2n) is 6.24. The molecule has 30 heavy (non-hydrogen) atoms. The number of aromatic nitrogens is 3. The molecule has 0 fully saturated rings. The maximum Gasteiger partial charge on any atom is 0.191 e. The molecule has 0 spiro atoms. The van der Waals surface area contributed by atoms with Crippen molar-refractivity contribution >= 4 is 53.3 Å². The Morgan fingerprint density at radius 1 is 1.17 bits per heavy atom. The van der Waals surface area contributed by atoms with Crippen LogP contribution < -0.4 is 10.6 Å². The fourth-order valence-corrected chi connectivity index (χ4v) is 3.47. The van der Waals surface area contributed by atoms with Crippen LogP contribution >= 0.6 is 47.3 Å². The predicted octanol–water partition coefficient (Wildman–Crippen LogP) is 4.10. The van der Waals surface area contributed by atoms with Crippen molar-refractivity contribution in [2.75, 3.05) is 25.4 Å². The largest absolute Gasteiger partial charge is 0.469 e. The molecule has 0 aliphatic carbocycles. The standard InChI is InChI=1S/C20H25ClN6OS.HI/c21-17-4-6-19(7-5-17)29-16-12-24-20(23-10-8-18-3-1-15-28-18)22-9-2-13-27-14-11-25-26-27;/h1,3-7,11,14-15H,2,8-10,12-13,16H2,(H2,22,23,24);1H. The minimum Gasteiger partial charge on any atom is -0.469 e. The molecule has 7 nitrogen and oxygen atoms in total. The van der Waals surface area contributed by atoms with Crippen LogP contribution in [-0.2, 0) is 13.0 Å². The average Bonchev–Trinajstić information content (AvgIpc) is 3.43. The number of hydrogen-bond acceptors (Lipinski definition) is 5. The van der Waals surface area contributed by atoms with Crippen LogP contribution in [0.1, 0.15) is 12.2 Å². The maximum atomic E-state index is 5.93. The third-order valence-corrected chi connectivity index (χ3v) is 5.27. The van der Waals surface area contributed by atoms with E-state index in [2.05, 4.69) is 25.9 Å². The number of thioether (sulfide) groups is 1. The zero-order valence-electron chi connectivity index (χ0n) is 16.5. The lowest BCUT2D eigenvalue weighted by atomic mass is 10.3. The fourth-order valence-electron chi connectivity index (χ4n) is 2.58. The first-order chi connectivity index (χ1) is 14.3. The molecule has 0 saturated heterocycles. The van der Waals surface area contributed by atoms with E-state index in [-0.39, 0.29) is 24.0 Å². The highest BCUT2D eigenvalue weighted by molar-refractivity contribution is 14.0. The van der Waals surface area contributed by atoms with Crippen molar-refractivity contribution in [2.24, 2.45) is 4.99 Å². The Labute approximate surface area is 203 Å². The monoisotopic (exact) mass is 560 g/mol. The van der Waals surface area contributed by atoms with E-state index in [1.165, 1.54) is 4.90 Å². The van der Waals surface area contributed by atoms with Gasteiger partial charge in [0.15, 0.2) is 5.96 Å². The van der Waals surface area contributed by atoms with Gasteiger partial charge in [-0.05, 0) is 42.8 Å². The van der Waals surface area contributed by atoms with E-state index in [9.17, 15) is 0 Å². The number of aliphatic imine (C=N–C) groups is 1. The second-order valence-corrected chi connectivity index (χ2v) is 7.84. The molecule has 3 aromatic rings. The molecule has 2 heterocycles. The molecule has 0 radical (unpaired) electrons. The number of halogens is 2. The zero-order chi connectivity index (χ0) is 20.2. The topological polar surface area (TPSA) is 80.3 Å². The van der Waals surface area contributed by atoms with Crippen molar-refractivity contribution in [1.82, 2.24) is 25.6 Å². The molecule has 0 amide bonds. The lowest BCUT2D eigenvalue weighted by molar-refractivity contribution is 0.506. The summed E-state index contributed by atoms with van der Waals surface area (Å²) in [5.74, 6) is 2.70. The van der Waals surface area contributed by atoms with E-state index in [0.717, 1.165) is 55.0 Å². The van der Waals surface area contributed by atoms with Gasteiger partial charge in [-0.15, -0.1) is 40.8 Å². The molecule has 0 atom stereocenters. The van der Waals surface area contributed by atoms with Crippen LogP contribution in [0.3, 0.4) is 0 Å². The van der Waals surface area contributed by atoms with Crippen LogP contribution in [0, 0.1) is 0 Å². The van der Waals surface area contributed by atoms with Gasteiger partial charge >= 0.3 is 0 Å². The summed E-state index contributed by atoms with van der Waals surface area (Å²) < 4.78 is 7.20. The van der Waals surface area contributed by atoms with E-state index < -0.39 is 0 Å². The number of hydrogen-bond donors (Lipinski definition) is 2. The SMILES string of the molecule is Clc1ccc(SCCNC(=NCCCn2ccnn2)NCCc2ccco2)cc1.I. The molecule has 2 aromatic heterocycles. The lowest BCUT2D eigenvalue weighted by Crippen LogP contribution is -2.39. The molecule has 0 bridgehead atoms. The summed E-state index contributed by atoms with van der Waals surface area (Å²) in [5.41, 5.74) is 0. The molecule has 1 aromatic carbocycles. The number of nitrogens with zero attached hydrogens (tertiary/aromatic N) is 4. The van der Waals surface area contributed by atoms with Crippen LogP contribution in [0.5, 0.6) is 0 Å². The Hall–Kier alpha value is -1.72. The van der Waals surface area contributed by atoms with Crippen LogP contribution in [0.25, 0.3) is 0 Å². The highest BCUT2D eigenvalue weighted by Gasteiger charge is 2.01. The number of aryl methyl sites for hydroxylation is 1. The summed E-state index contributed by atoms with van der Waals surface area (Å²) >= 11 is 7.71. The second kappa shape index (κ2) is 14.3. The highest BCUT2D eigenvalue weighted by atomic mass is 127. The summed E-state index contributed by atoms with van der Waals surface area (Å²) in [7, 11) is 0. The van der Waals surface area contributed by atoms with Gasteiger partial charge in [0.1, 0.15) is 5.76 Å². The van der Waals surface area contributed by atoms with Crippen LogP contribution in [-0.4, -0.2) is 46.3 Å². The molecular weight excluding hydrogens is 535 g/mol. The Balaban J connectivity index is 0.00000320. The van der Waals surface area contributed by atoms with E-state index in [0.29, 0.717) is 6.54 Å². The number of furan rings is 1. The van der Waals surface area contributed by atoms with Gasteiger partial charge in [-0.2, -0.15) is 0 Å². The molecular formula is C20H26ClIN6OS. The van der Waals surface area contributed by atoms with Gasteiger partial charge < -0.3 is 15.1 Å². The lowest BCUT2D eigenvalue weighted by Gasteiger charge is -2.12. The van der Waals surface area contributed by atoms with E-state index in [4.69, 9.17) is 16.0 Å². The summed E-state index contributed by atoms with van der Waals surface area (Å²) in [5, 5.41) is 15.3. The molecule has 0 saturated carbocycles. The summed E-state index contributed by atoms with van der Waals surface area (Å²) in [6, 6.07) is 11.8. The first-order valence-electron chi connectivity index (χ1n) is 9.56. The van der Waals surface area contributed by atoms with Crippen LogP contribution in [0.4, 0.5) is 0 Å². The third kappa shape index (κ3) is 9.40. The van der Waals surface area contributed by atoms with Crippen LogP contribution in [0.15, 0.2) is 69.4 Å². The molecule has 2 N–H and O–H groups in total. The zero-order valence-corrected chi connectivity index (χ0v) is 20.4. The minimum absolute atomic E-state index is 0. The fraction of sp³-hybridized carbons (Fsp3) is 0.350. The molecule has 162 valence electrons. The summed E-state index contributed by atoms with van der Waals surface area (Å²) in [4.78, 5) is 5.88. The van der Waals surface area contributed by atoms with Gasteiger partial charge in [0.05, 0.1) is 12.5 Å². The number of benzene rings is 1. The smallest absolute Gasteiger partial charge is 0.191 e. The Kier molecular flexibility index (Phi) is 11.7. The van der Waals surface area contributed by atoms with Gasteiger partial charge in [-0.1, -0.05) is 16.8 Å². The van der Waals surface area contributed by atoms with Gasteiger partial charge in [0, 0.05) is 54.5 Å². The van der Waals surface area contributed by atoms with Gasteiger partial charge in [-0.3, -0.25) is 9.67 Å². The Morgan fingerprint density at radius 2 is 2.00 bits per heavy atom. The highest BCUT2D eigenvalue weighted by Crippen LogP contribution is 2.19. The van der Waals surface area contributed by atoms with E-state index in [1.807, 2.05) is 47.3 Å². The first kappa shape index (κ1) is 24.5. The number of rotatable bonds is 11. The molecule has 10 heteroatoms. The van der Waals surface area contributed by atoms with Crippen molar-refractivity contribution in [2.45, 2.75) is 24.3 Å². The van der Waals surface area contributed by atoms with Crippen LogP contribution in [0.2, 0.25) is 5.02 Å². The number of nitrogens with one attached hydrogen (secondary N) is 2. The molecule has 0 aliphatic heterocycles. The Bertz CT molecular complexity index is 843. The summed E-state index contributed by atoms with van der Waals surface area (Å²) in [6.45, 7) is 3.07. The predicted molar refractivity (Wildman–Crippen MR) is 133 cm³/mol. The molecule has 0 unspecified atom stereocenters. The normalized spacial score (nSPS) is 11.2. The van der Waals surface area contributed by atoms with Crippen molar-refractivity contribution in [1.29, 1.82) is 0 Å². The van der Waals surface area contributed by atoms with Gasteiger partial charge in [0.25, 0.3) is 0 Å². The number of guanidine groups is 1. The van der Waals surface area contributed by atoms with Crippen molar-refractivity contribution in [3.63, 3.8) is 0 Å². The molecule has 3 rings (SSSR count). The van der Waals surface area contributed by atoms with Crippen molar-refractivity contribution in [3.8, 4) is 0 Å². The first-order valence-corrected chi connectivity index (χ1v) is 10.9. The van der Waals surface area contributed by atoms with Gasteiger partial charge in [-0.25, -0.2) is 0 Å². The van der Waals surface area contributed by atoms with Crippen molar-refractivity contribution in [3.05, 3.63) is 65.8 Å². The van der Waals surface area contributed by atoms with E-state index >= 15 is 0 Å². The average molecular weight is 561 g/mol. The van der Waals surface area contributed by atoms with E-state index in [1.54, 1.807) is 24.2 Å². The third-order valence-electron chi connectivity index (χ3n) is 4.01. The van der Waals surface area contributed by atoms with Gasteiger partial charge in [0.2, 0.25) is 0 Å². The minimum atomic E-state index is 0. The molecule has 0 aliphatic rings. The van der Waals surface area contributed by atoms with Crippen molar-refractivity contribution < 1.29 is 4.42 Å².